The van der Waals surface area contributed by atoms with Gasteiger partial charge in [-0.15, -0.1) is 0 Å². The Morgan fingerprint density at radius 1 is 1.18 bits per heavy atom. The largest absolute Gasteiger partial charge is 0.487 e. The van der Waals surface area contributed by atoms with E-state index in [9.17, 15) is 4.39 Å². The van der Waals surface area contributed by atoms with Crippen LogP contribution >= 0.6 is 11.6 Å². The minimum atomic E-state index is -0.540. The molecule has 2 aromatic rings. The molecule has 0 amide bonds. The third-order valence-electron chi connectivity index (χ3n) is 2.29. The van der Waals surface area contributed by atoms with Crippen molar-refractivity contribution in [3.8, 4) is 5.75 Å². The molecule has 0 aliphatic rings. The van der Waals surface area contributed by atoms with Crippen molar-refractivity contribution in [3.63, 3.8) is 0 Å². The van der Waals surface area contributed by atoms with Crippen LogP contribution in [0.5, 0.6) is 5.75 Å². The van der Waals surface area contributed by atoms with Gasteiger partial charge in [-0.3, -0.25) is 0 Å². The Balaban J connectivity index is 2.12. The van der Waals surface area contributed by atoms with Crippen LogP contribution in [0.3, 0.4) is 0 Å². The van der Waals surface area contributed by atoms with Crippen LogP contribution in [-0.2, 0) is 6.61 Å². The van der Waals surface area contributed by atoms with Gasteiger partial charge in [-0.2, -0.15) is 0 Å². The first kappa shape index (κ1) is 11.7. The highest BCUT2D eigenvalue weighted by atomic mass is 35.5. The van der Waals surface area contributed by atoms with Crippen molar-refractivity contribution in [2.24, 2.45) is 0 Å². The predicted molar refractivity (Wildman–Crippen MR) is 66.6 cm³/mol. The molecule has 0 aliphatic carbocycles. The molecule has 0 radical (unpaired) electrons. The van der Waals surface area contributed by atoms with E-state index in [4.69, 9.17) is 22.1 Å². The zero-order chi connectivity index (χ0) is 12.3. The molecule has 0 atom stereocenters. The van der Waals surface area contributed by atoms with Crippen LogP contribution in [0.4, 0.5) is 10.1 Å². The Hall–Kier alpha value is -1.74. The topological polar surface area (TPSA) is 35.2 Å². The summed E-state index contributed by atoms with van der Waals surface area (Å²) in [4.78, 5) is 0. The zero-order valence-electron chi connectivity index (χ0n) is 8.99. The number of hydrogen-bond donors (Lipinski definition) is 1. The lowest BCUT2D eigenvalue weighted by atomic mass is 10.2. The summed E-state index contributed by atoms with van der Waals surface area (Å²) in [7, 11) is 0. The highest BCUT2D eigenvalue weighted by Gasteiger charge is 2.07. The number of ether oxygens (including phenoxy) is 1. The number of hydrogen-bond acceptors (Lipinski definition) is 2. The van der Waals surface area contributed by atoms with Crippen molar-refractivity contribution in [2.45, 2.75) is 6.61 Å². The molecular weight excluding hydrogens is 241 g/mol. The Labute approximate surface area is 104 Å². The van der Waals surface area contributed by atoms with E-state index in [0.29, 0.717) is 12.4 Å². The number of nitrogens with two attached hydrogens (primary N) is 1. The van der Waals surface area contributed by atoms with Crippen LogP contribution in [0.2, 0.25) is 5.02 Å². The van der Waals surface area contributed by atoms with Crippen LogP contribution < -0.4 is 10.5 Å². The van der Waals surface area contributed by atoms with Gasteiger partial charge in [0.25, 0.3) is 0 Å². The minimum Gasteiger partial charge on any atom is -0.487 e. The number of halogens is 2. The second-order valence-corrected chi connectivity index (χ2v) is 3.99. The summed E-state index contributed by atoms with van der Waals surface area (Å²) in [5.74, 6) is -0.156. The van der Waals surface area contributed by atoms with Crippen molar-refractivity contribution < 1.29 is 9.13 Å². The lowest BCUT2D eigenvalue weighted by Gasteiger charge is -2.09. The second kappa shape index (κ2) is 5.06. The van der Waals surface area contributed by atoms with E-state index >= 15 is 0 Å². The molecule has 2 rings (SSSR count). The highest BCUT2D eigenvalue weighted by Crippen LogP contribution is 2.29. The first-order valence-electron chi connectivity index (χ1n) is 5.08. The summed E-state index contributed by atoms with van der Waals surface area (Å²) in [5, 5.41) is 0.215. The smallest absolute Gasteiger partial charge is 0.147 e. The first-order chi connectivity index (χ1) is 8.16. The molecule has 0 fully saturated rings. The molecule has 0 aromatic heterocycles. The standard InChI is InChI=1S/C13H11ClFNO/c14-10-6-11(15)12(16)7-13(10)17-8-9-4-2-1-3-5-9/h1-7H,8,16H2. The van der Waals surface area contributed by atoms with Gasteiger partial charge >= 0.3 is 0 Å². The van der Waals surface area contributed by atoms with Gasteiger partial charge in [0.1, 0.15) is 18.2 Å². The first-order valence-corrected chi connectivity index (χ1v) is 5.46. The molecule has 4 heteroatoms. The van der Waals surface area contributed by atoms with E-state index in [1.165, 1.54) is 6.07 Å². The Bertz CT molecular complexity index is 516. The van der Waals surface area contributed by atoms with E-state index in [1.54, 1.807) is 0 Å². The van der Waals surface area contributed by atoms with E-state index in [2.05, 4.69) is 0 Å². The fraction of sp³-hybridized carbons (Fsp3) is 0.0769. The van der Waals surface area contributed by atoms with Gasteiger partial charge in [0, 0.05) is 6.07 Å². The normalized spacial score (nSPS) is 10.2. The average molecular weight is 252 g/mol. The number of anilines is 1. The lowest BCUT2D eigenvalue weighted by Crippen LogP contribution is -1.98. The van der Waals surface area contributed by atoms with Crippen LogP contribution in [-0.4, -0.2) is 0 Å². The Morgan fingerprint density at radius 3 is 2.59 bits per heavy atom. The Kier molecular flexibility index (Phi) is 3.49. The maximum atomic E-state index is 13.1. The van der Waals surface area contributed by atoms with Crippen LogP contribution in [0, 0.1) is 5.82 Å². The summed E-state index contributed by atoms with van der Waals surface area (Å²) in [6.45, 7) is 0.367. The zero-order valence-corrected chi connectivity index (χ0v) is 9.75. The maximum Gasteiger partial charge on any atom is 0.147 e. The van der Waals surface area contributed by atoms with Crippen molar-refractivity contribution in [2.75, 3.05) is 5.73 Å². The molecule has 88 valence electrons. The summed E-state index contributed by atoms with van der Waals surface area (Å²) in [6.07, 6.45) is 0. The quantitative estimate of drug-likeness (QED) is 0.846. The van der Waals surface area contributed by atoms with Gasteiger partial charge < -0.3 is 10.5 Å². The fourth-order valence-electron chi connectivity index (χ4n) is 1.39. The van der Waals surface area contributed by atoms with Gasteiger partial charge in [0.15, 0.2) is 0 Å². The van der Waals surface area contributed by atoms with E-state index in [0.717, 1.165) is 11.6 Å². The third-order valence-corrected chi connectivity index (χ3v) is 2.58. The summed E-state index contributed by atoms with van der Waals surface area (Å²) in [6, 6.07) is 12.2. The van der Waals surface area contributed by atoms with Crippen molar-refractivity contribution in [1.29, 1.82) is 0 Å². The molecule has 0 spiro atoms. The molecule has 0 aliphatic heterocycles. The molecular formula is C13H11ClFNO. The fourth-order valence-corrected chi connectivity index (χ4v) is 1.60. The van der Waals surface area contributed by atoms with E-state index < -0.39 is 5.82 Å². The van der Waals surface area contributed by atoms with Crippen molar-refractivity contribution in [1.82, 2.24) is 0 Å². The monoisotopic (exact) mass is 251 g/mol. The van der Waals surface area contributed by atoms with Crippen molar-refractivity contribution >= 4 is 17.3 Å². The predicted octanol–water partition coefficient (Wildman–Crippen LogP) is 3.64. The molecule has 0 heterocycles. The highest BCUT2D eigenvalue weighted by molar-refractivity contribution is 6.32. The average Bonchev–Trinajstić information content (AvgIpc) is 2.33. The molecule has 0 saturated carbocycles. The molecule has 17 heavy (non-hydrogen) atoms. The summed E-state index contributed by atoms with van der Waals surface area (Å²) >= 11 is 5.85. The minimum absolute atomic E-state index is 0.0254. The molecule has 0 saturated heterocycles. The van der Waals surface area contributed by atoms with Gasteiger partial charge in [-0.25, -0.2) is 4.39 Å². The molecule has 2 nitrogen and oxygen atoms in total. The third kappa shape index (κ3) is 2.88. The lowest BCUT2D eigenvalue weighted by molar-refractivity contribution is 0.306. The molecule has 0 bridgehead atoms. The van der Waals surface area contributed by atoms with Gasteiger partial charge in [-0.1, -0.05) is 41.9 Å². The van der Waals surface area contributed by atoms with Crippen molar-refractivity contribution in [3.05, 3.63) is 58.9 Å². The van der Waals surface area contributed by atoms with Crippen LogP contribution in [0.25, 0.3) is 0 Å². The van der Waals surface area contributed by atoms with Gasteiger partial charge in [-0.05, 0) is 11.6 Å². The number of rotatable bonds is 3. The van der Waals surface area contributed by atoms with Gasteiger partial charge in [0.2, 0.25) is 0 Å². The molecule has 2 N–H and O–H groups in total. The number of nitrogen functional groups attached to an aromatic ring is 1. The number of benzene rings is 2. The van der Waals surface area contributed by atoms with Crippen LogP contribution in [0.1, 0.15) is 5.56 Å². The summed E-state index contributed by atoms with van der Waals surface area (Å²) in [5.41, 5.74) is 6.48. The van der Waals surface area contributed by atoms with E-state index in [-0.39, 0.29) is 10.7 Å². The maximum absolute atomic E-state index is 13.1. The molecule has 2 aromatic carbocycles. The van der Waals surface area contributed by atoms with E-state index in [1.807, 2.05) is 30.3 Å². The summed E-state index contributed by atoms with van der Waals surface area (Å²) < 4.78 is 18.5. The second-order valence-electron chi connectivity index (χ2n) is 3.58. The van der Waals surface area contributed by atoms with Gasteiger partial charge in [0.05, 0.1) is 10.7 Å². The van der Waals surface area contributed by atoms with Crippen LogP contribution in [0.15, 0.2) is 42.5 Å². The molecule has 0 unspecified atom stereocenters. The SMILES string of the molecule is Nc1cc(OCc2ccccc2)c(Cl)cc1F. The Morgan fingerprint density at radius 2 is 1.88 bits per heavy atom.